The van der Waals surface area contributed by atoms with Crippen molar-refractivity contribution >= 4 is 11.6 Å². The summed E-state index contributed by atoms with van der Waals surface area (Å²) in [7, 11) is 0. The first kappa shape index (κ1) is 13.7. The number of hydrogen-bond acceptors (Lipinski definition) is 3. The van der Waals surface area contributed by atoms with Gasteiger partial charge in [-0.2, -0.15) is 0 Å². The number of nitrogens with one attached hydrogen (secondary N) is 1. The minimum Gasteiger partial charge on any atom is -0.494 e. The molecule has 1 heterocycles. The smallest absolute Gasteiger partial charge is 0.224 e. The summed E-state index contributed by atoms with van der Waals surface area (Å²) in [5.41, 5.74) is 1.03. The van der Waals surface area contributed by atoms with Crippen LogP contribution in [0.2, 0.25) is 0 Å². The van der Waals surface area contributed by atoms with Crippen molar-refractivity contribution in [1.82, 2.24) is 4.90 Å². The predicted octanol–water partition coefficient (Wildman–Crippen LogP) is 2.51. The molecule has 0 spiro atoms. The third-order valence-electron chi connectivity index (χ3n) is 3.29. The zero-order valence-corrected chi connectivity index (χ0v) is 11.5. The molecule has 1 saturated heterocycles. The van der Waals surface area contributed by atoms with Gasteiger partial charge in [0.05, 0.1) is 6.61 Å². The van der Waals surface area contributed by atoms with Gasteiger partial charge in [0.1, 0.15) is 5.75 Å². The Labute approximate surface area is 114 Å². The quantitative estimate of drug-likeness (QED) is 0.856. The molecule has 1 amide bonds. The highest BCUT2D eigenvalue weighted by atomic mass is 16.5. The van der Waals surface area contributed by atoms with Crippen LogP contribution >= 0.6 is 0 Å². The van der Waals surface area contributed by atoms with Crippen LogP contribution in [0.15, 0.2) is 24.3 Å². The summed E-state index contributed by atoms with van der Waals surface area (Å²) in [4.78, 5) is 13.8. The summed E-state index contributed by atoms with van der Waals surface area (Å²) >= 11 is 0. The van der Waals surface area contributed by atoms with Crippen LogP contribution < -0.4 is 10.1 Å². The second-order valence-electron chi connectivity index (χ2n) is 4.72. The standard InChI is InChI=1S/C15H22N2O2/c1-2-19-14-7-5-13(6-8-14)16-10-9-15(18)17-11-3-4-12-17/h5-8,16H,2-4,9-12H2,1H3. The van der Waals surface area contributed by atoms with Crippen molar-refractivity contribution < 1.29 is 9.53 Å². The predicted molar refractivity (Wildman–Crippen MR) is 76.5 cm³/mol. The van der Waals surface area contributed by atoms with Crippen molar-refractivity contribution in [2.75, 3.05) is 31.6 Å². The average molecular weight is 262 g/mol. The topological polar surface area (TPSA) is 41.6 Å². The van der Waals surface area contributed by atoms with Gasteiger partial charge in [-0.05, 0) is 44.0 Å². The Kier molecular flexibility index (Phi) is 5.07. The van der Waals surface area contributed by atoms with E-state index in [2.05, 4.69) is 5.32 Å². The van der Waals surface area contributed by atoms with E-state index in [1.54, 1.807) is 0 Å². The summed E-state index contributed by atoms with van der Waals surface area (Å²) in [5.74, 6) is 1.14. The van der Waals surface area contributed by atoms with Crippen molar-refractivity contribution in [2.24, 2.45) is 0 Å². The molecule has 0 radical (unpaired) electrons. The van der Waals surface area contributed by atoms with Gasteiger partial charge >= 0.3 is 0 Å². The molecule has 4 heteroatoms. The Hall–Kier alpha value is -1.71. The number of benzene rings is 1. The number of hydrogen-bond donors (Lipinski definition) is 1. The van der Waals surface area contributed by atoms with Gasteiger partial charge in [0.2, 0.25) is 5.91 Å². The van der Waals surface area contributed by atoms with Crippen LogP contribution in [0.1, 0.15) is 26.2 Å². The molecule has 4 nitrogen and oxygen atoms in total. The molecule has 1 aliphatic rings. The third-order valence-corrected chi connectivity index (χ3v) is 3.29. The van der Waals surface area contributed by atoms with Gasteiger partial charge in [-0.15, -0.1) is 0 Å². The summed E-state index contributed by atoms with van der Waals surface area (Å²) in [6, 6.07) is 7.83. The number of likely N-dealkylation sites (tertiary alicyclic amines) is 1. The number of rotatable bonds is 6. The molecule has 1 aromatic carbocycles. The maximum absolute atomic E-state index is 11.8. The SMILES string of the molecule is CCOc1ccc(NCCC(=O)N2CCCC2)cc1. The van der Waals surface area contributed by atoms with Crippen LogP contribution in [0.4, 0.5) is 5.69 Å². The van der Waals surface area contributed by atoms with Gasteiger partial charge in [0.25, 0.3) is 0 Å². The molecule has 1 fully saturated rings. The number of amides is 1. The third kappa shape index (κ3) is 4.16. The van der Waals surface area contributed by atoms with Crippen LogP contribution in [-0.4, -0.2) is 37.0 Å². The monoisotopic (exact) mass is 262 g/mol. The average Bonchev–Trinajstić information content (AvgIpc) is 2.95. The van der Waals surface area contributed by atoms with Gasteiger partial charge < -0.3 is 15.0 Å². The van der Waals surface area contributed by atoms with E-state index in [1.807, 2.05) is 36.1 Å². The van der Waals surface area contributed by atoms with E-state index < -0.39 is 0 Å². The fourth-order valence-electron chi connectivity index (χ4n) is 2.27. The Morgan fingerprint density at radius 2 is 1.95 bits per heavy atom. The van der Waals surface area contributed by atoms with Crippen LogP contribution in [0.25, 0.3) is 0 Å². The van der Waals surface area contributed by atoms with Crippen LogP contribution in [0.5, 0.6) is 5.75 Å². The van der Waals surface area contributed by atoms with Gasteiger partial charge in [0, 0.05) is 31.7 Å². The fraction of sp³-hybridized carbons (Fsp3) is 0.533. The Morgan fingerprint density at radius 3 is 2.58 bits per heavy atom. The van der Waals surface area contributed by atoms with E-state index >= 15 is 0 Å². The van der Waals surface area contributed by atoms with Crippen molar-refractivity contribution in [2.45, 2.75) is 26.2 Å². The summed E-state index contributed by atoms with van der Waals surface area (Å²) in [6.45, 7) is 5.19. The fourth-order valence-corrected chi connectivity index (χ4v) is 2.27. The van der Waals surface area contributed by atoms with Gasteiger partial charge in [-0.3, -0.25) is 4.79 Å². The highest BCUT2D eigenvalue weighted by molar-refractivity contribution is 5.77. The Morgan fingerprint density at radius 1 is 1.26 bits per heavy atom. The minimum absolute atomic E-state index is 0.260. The Balaban J connectivity index is 1.71. The number of carbonyl (C=O) groups is 1. The van der Waals surface area contributed by atoms with E-state index in [9.17, 15) is 4.79 Å². The lowest BCUT2D eigenvalue weighted by molar-refractivity contribution is -0.129. The normalized spacial score (nSPS) is 14.5. The first-order valence-corrected chi connectivity index (χ1v) is 7.04. The molecule has 1 aliphatic heterocycles. The molecule has 1 aromatic rings. The van der Waals surface area contributed by atoms with Crippen molar-refractivity contribution in [3.8, 4) is 5.75 Å². The highest BCUT2D eigenvalue weighted by Crippen LogP contribution is 2.15. The largest absolute Gasteiger partial charge is 0.494 e. The lowest BCUT2D eigenvalue weighted by Gasteiger charge is -2.15. The molecule has 0 saturated carbocycles. The van der Waals surface area contributed by atoms with E-state index in [0.717, 1.165) is 37.4 Å². The summed E-state index contributed by atoms with van der Waals surface area (Å²) in [6.07, 6.45) is 2.86. The second-order valence-corrected chi connectivity index (χ2v) is 4.72. The molecule has 0 bridgehead atoms. The summed E-state index contributed by atoms with van der Waals surface area (Å²) in [5, 5.41) is 3.27. The van der Waals surface area contributed by atoms with Crippen LogP contribution in [0.3, 0.4) is 0 Å². The second kappa shape index (κ2) is 7.02. The molecule has 0 atom stereocenters. The molecule has 104 valence electrons. The maximum atomic E-state index is 11.8. The van der Waals surface area contributed by atoms with Crippen molar-refractivity contribution in [3.05, 3.63) is 24.3 Å². The first-order valence-electron chi connectivity index (χ1n) is 7.04. The lowest BCUT2D eigenvalue weighted by atomic mass is 10.3. The molecule has 0 unspecified atom stereocenters. The molecular formula is C15H22N2O2. The highest BCUT2D eigenvalue weighted by Gasteiger charge is 2.16. The van der Waals surface area contributed by atoms with Crippen molar-refractivity contribution in [3.63, 3.8) is 0 Å². The molecule has 1 N–H and O–H groups in total. The van der Waals surface area contributed by atoms with Crippen LogP contribution in [0, 0.1) is 0 Å². The molecule has 0 aliphatic carbocycles. The van der Waals surface area contributed by atoms with Gasteiger partial charge in [0.15, 0.2) is 0 Å². The minimum atomic E-state index is 0.260. The lowest BCUT2D eigenvalue weighted by Crippen LogP contribution is -2.29. The number of carbonyl (C=O) groups excluding carboxylic acids is 1. The van der Waals surface area contributed by atoms with Gasteiger partial charge in [-0.25, -0.2) is 0 Å². The zero-order valence-electron chi connectivity index (χ0n) is 11.5. The van der Waals surface area contributed by atoms with E-state index in [-0.39, 0.29) is 5.91 Å². The molecule has 0 aromatic heterocycles. The van der Waals surface area contributed by atoms with E-state index in [4.69, 9.17) is 4.74 Å². The van der Waals surface area contributed by atoms with Crippen molar-refractivity contribution in [1.29, 1.82) is 0 Å². The summed E-state index contributed by atoms with van der Waals surface area (Å²) < 4.78 is 5.38. The first-order chi connectivity index (χ1) is 9.29. The van der Waals surface area contributed by atoms with E-state index in [0.29, 0.717) is 19.6 Å². The molecule has 2 rings (SSSR count). The molecule has 19 heavy (non-hydrogen) atoms. The molecular weight excluding hydrogens is 240 g/mol. The zero-order chi connectivity index (χ0) is 13.5. The number of ether oxygens (including phenoxy) is 1. The van der Waals surface area contributed by atoms with Gasteiger partial charge in [-0.1, -0.05) is 0 Å². The van der Waals surface area contributed by atoms with E-state index in [1.165, 1.54) is 0 Å². The van der Waals surface area contributed by atoms with Crippen LogP contribution in [-0.2, 0) is 4.79 Å². The maximum Gasteiger partial charge on any atom is 0.224 e. The Bertz CT molecular complexity index is 397. The number of anilines is 1. The number of nitrogens with zero attached hydrogens (tertiary/aromatic N) is 1.